The molecular weight excluding hydrogens is 343 g/mol. The van der Waals surface area contributed by atoms with Crippen LogP contribution in [0.25, 0.3) is 0 Å². The van der Waals surface area contributed by atoms with Gasteiger partial charge < -0.3 is 5.32 Å². The second-order valence-electron chi connectivity index (χ2n) is 4.33. The van der Waals surface area contributed by atoms with Gasteiger partial charge in [-0.25, -0.2) is 4.39 Å². The number of halogens is 2. The summed E-state index contributed by atoms with van der Waals surface area (Å²) in [5.74, 6) is -1.21. The van der Waals surface area contributed by atoms with Crippen molar-refractivity contribution in [1.29, 1.82) is 0 Å². The van der Waals surface area contributed by atoms with Gasteiger partial charge >= 0.3 is 0 Å². The molecule has 0 aliphatic carbocycles. The number of anilines is 1. The molecule has 2 rings (SSSR count). The maximum absolute atomic E-state index is 13.4. The number of nitro benzene ring substituents is 1. The zero-order valence-corrected chi connectivity index (χ0v) is 12.5. The number of carbonyl (C=O) groups excluding carboxylic acids is 1. The lowest BCUT2D eigenvalue weighted by Gasteiger charge is -2.08. The molecule has 7 heteroatoms. The van der Waals surface area contributed by atoms with Gasteiger partial charge in [-0.05, 0) is 46.6 Å². The van der Waals surface area contributed by atoms with Gasteiger partial charge in [-0.3, -0.25) is 14.9 Å². The van der Waals surface area contributed by atoms with Gasteiger partial charge in [0.05, 0.1) is 15.0 Å². The van der Waals surface area contributed by atoms with Crippen LogP contribution in [0.15, 0.2) is 40.9 Å². The highest BCUT2D eigenvalue weighted by atomic mass is 79.9. The van der Waals surface area contributed by atoms with Crippen LogP contribution < -0.4 is 5.32 Å². The zero-order valence-electron chi connectivity index (χ0n) is 10.9. The Labute approximate surface area is 128 Å². The minimum Gasteiger partial charge on any atom is -0.316 e. The molecule has 108 valence electrons. The van der Waals surface area contributed by atoms with E-state index in [1.807, 2.05) is 0 Å². The second kappa shape index (κ2) is 6.01. The lowest BCUT2D eigenvalue weighted by molar-refractivity contribution is -0.383. The fourth-order valence-electron chi connectivity index (χ4n) is 1.78. The van der Waals surface area contributed by atoms with E-state index in [0.717, 1.165) is 5.56 Å². The average molecular weight is 353 g/mol. The third kappa shape index (κ3) is 3.25. The van der Waals surface area contributed by atoms with E-state index < -0.39 is 16.6 Å². The lowest BCUT2D eigenvalue weighted by atomic mass is 10.1. The number of carbonyl (C=O) groups is 1. The Morgan fingerprint density at radius 2 is 2.05 bits per heavy atom. The summed E-state index contributed by atoms with van der Waals surface area (Å²) in [6.07, 6.45) is 0. The Morgan fingerprint density at radius 3 is 2.71 bits per heavy atom. The molecule has 0 aromatic heterocycles. The number of hydrogen-bond donors (Lipinski definition) is 1. The molecule has 0 unspecified atom stereocenters. The molecule has 0 atom stereocenters. The number of rotatable bonds is 3. The molecule has 1 amide bonds. The van der Waals surface area contributed by atoms with Crippen molar-refractivity contribution in [2.24, 2.45) is 0 Å². The van der Waals surface area contributed by atoms with E-state index in [9.17, 15) is 19.3 Å². The van der Waals surface area contributed by atoms with Crippen molar-refractivity contribution in [3.63, 3.8) is 0 Å². The van der Waals surface area contributed by atoms with E-state index in [1.54, 1.807) is 13.0 Å². The van der Waals surface area contributed by atoms with Crippen molar-refractivity contribution in [3.05, 3.63) is 67.9 Å². The van der Waals surface area contributed by atoms with Gasteiger partial charge in [-0.2, -0.15) is 0 Å². The molecule has 0 radical (unpaired) electrons. The van der Waals surface area contributed by atoms with Crippen molar-refractivity contribution in [1.82, 2.24) is 0 Å². The molecule has 0 aliphatic rings. The number of nitrogens with zero attached hydrogens (tertiary/aromatic N) is 1. The van der Waals surface area contributed by atoms with Crippen LogP contribution in [0.4, 0.5) is 15.8 Å². The molecule has 0 fully saturated rings. The van der Waals surface area contributed by atoms with Gasteiger partial charge in [0.1, 0.15) is 11.5 Å². The topological polar surface area (TPSA) is 72.2 Å². The van der Waals surface area contributed by atoms with Gasteiger partial charge in [-0.1, -0.05) is 12.1 Å². The number of hydrogen-bond acceptors (Lipinski definition) is 3. The van der Waals surface area contributed by atoms with Crippen LogP contribution in [0.1, 0.15) is 15.9 Å². The van der Waals surface area contributed by atoms with E-state index in [0.29, 0.717) is 0 Å². The van der Waals surface area contributed by atoms with Gasteiger partial charge in [0.25, 0.3) is 11.6 Å². The molecular formula is C14H10BrFN2O3. The first-order valence-electron chi connectivity index (χ1n) is 5.90. The monoisotopic (exact) mass is 352 g/mol. The quantitative estimate of drug-likeness (QED) is 0.668. The van der Waals surface area contributed by atoms with E-state index >= 15 is 0 Å². The molecule has 2 aromatic carbocycles. The lowest BCUT2D eigenvalue weighted by Crippen LogP contribution is -2.14. The Kier molecular flexibility index (Phi) is 4.32. The minimum absolute atomic E-state index is 0.0119. The van der Waals surface area contributed by atoms with E-state index in [1.165, 1.54) is 30.3 Å². The number of amides is 1. The summed E-state index contributed by atoms with van der Waals surface area (Å²) in [5.41, 5.74) is 0.669. The normalized spacial score (nSPS) is 10.2. The first kappa shape index (κ1) is 15.1. The van der Waals surface area contributed by atoms with Crippen molar-refractivity contribution in [3.8, 4) is 0 Å². The number of benzene rings is 2. The summed E-state index contributed by atoms with van der Waals surface area (Å²) in [6, 6.07) is 8.39. The number of nitro groups is 1. The largest absolute Gasteiger partial charge is 0.316 e. The number of aryl methyl sites for hydroxylation is 1. The molecule has 0 heterocycles. The highest BCUT2D eigenvalue weighted by molar-refractivity contribution is 9.10. The summed E-state index contributed by atoms with van der Waals surface area (Å²) in [7, 11) is 0. The summed E-state index contributed by atoms with van der Waals surface area (Å²) in [6.45, 7) is 1.75. The maximum atomic E-state index is 13.4. The zero-order chi connectivity index (χ0) is 15.6. The van der Waals surface area contributed by atoms with Crippen LogP contribution in [-0.4, -0.2) is 10.8 Å². The smallest absolute Gasteiger partial charge is 0.292 e. The van der Waals surface area contributed by atoms with Crippen molar-refractivity contribution in [2.45, 2.75) is 6.92 Å². The summed E-state index contributed by atoms with van der Waals surface area (Å²) in [5, 5.41) is 13.4. The second-order valence-corrected chi connectivity index (χ2v) is 5.13. The van der Waals surface area contributed by atoms with Crippen LogP contribution in [0.5, 0.6) is 0 Å². The Bertz CT molecular complexity index is 734. The third-order valence-corrected chi connectivity index (χ3v) is 3.60. The maximum Gasteiger partial charge on any atom is 0.292 e. The van der Waals surface area contributed by atoms with Crippen LogP contribution >= 0.6 is 15.9 Å². The molecule has 0 bridgehead atoms. The van der Waals surface area contributed by atoms with Crippen LogP contribution in [0.3, 0.4) is 0 Å². The average Bonchev–Trinajstić information content (AvgIpc) is 2.41. The van der Waals surface area contributed by atoms with Gasteiger partial charge in [0.2, 0.25) is 0 Å². The Morgan fingerprint density at radius 1 is 1.33 bits per heavy atom. The molecule has 1 N–H and O–H groups in total. The van der Waals surface area contributed by atoms with Crippen LogP contribution in [0.2, 0.25) is 0 Å². The third-order valence-electron chi connectivity index (χ3n) is 2.79. The molecule has 5 nitrogen and oxygen atoms in total. The first-order valence-corrected chi connectivity index (χ1v) is 6.70. The summed E-state index contributed by atoms with van der Waals surface area (Å²) in [4.78, 5) is 22.5. The summed E-state index contributed by atoms with van der Waals surface area (Å²) < 4.78 is 13.4. The van der Waals surface area contributed by atoms with E-state index in [2.05, 4.69) is 21.2 Å². The molecule has 0 saturated carbocycles. The van der Waals surface area contributed by atoms with Gasteiger partial charge in [0, 0.05) is 6.07 Å². The van der Waals surface area contributed by atoms with Crippen LogP contribution in [0, 0.1) is 22.9 Å². The van der Waals surface area contributed by atoms with E-state index in [4.69, 9.17) is 0 Å². The van der Waals surface area contributed by atoms with Gasteiger partial charge in [0.15, 0.2) is 0 Å². The Hall–Kier alpha value is -2.28. The fraction of sp³-hybridized carbons (Fsp3) is 0.0714. The fourth-order valence-corrected chi connectivity index (χ4v) is 2.22. The van der Waals surface area contributed by atoms with Crippen molar-refractivity contribution in [2.75, 3.05) is 5.32 Å². The standard InChI is InChI=1S/C14H10BrFN2O3/c1-8-5-6-12(18(20)21)11(7-8)17-14(19)9-3-2-4-10(16)13(9)15/h2-7H,1H3,(H,17,19). The highest BCUT2D eigenvalue weighted by Gasteiger charge is 2.19. The highest BCUT2D eigenvalue weighted by Crippen LogP contribution is 2.27. The predicted octanol–water partition coefficient (Wildman–Crippen LogP) is 4.06. The summed E-state index contributed by atoms with van der Waals surface area (Å²) >= 11 is 2.99. The van der Waals surface area contributed by atoms with Crippen molar-refractivity contribution >= 4 is 33.2 Å². The Balaban J connectivity index is 2.38. The molecule has 0 spiro atoms. The predicted molar refractivity (Wildman–Crippen MR) is 79.9 cm³/mol. The van der Waals surface area contributed by atoms with Crippen LogP contribution in [-0.2, 0) is 0 Å². The molecule has 0 aliphatic heterocycles. The van der Waals surface area contributed by atoms with Gasteiger partial charge in [-0.15, -0.1) is 0 Å². The molecule has 21 heavy (non-hydrogen) atoms. The molecule has 0 saturated heterocycles. The minimum atomic E-state index is -0.630. The molecule has 2 aromatic rings. The first-order chi connectivity index (χ1) is 9.90. The van der Waals surface area contributed by atoms with E-state index in [-0.39, 0.29) is 21.4 Å². The SMILES string of the molecule is Cc1ccc([N+](=O)[O-])c(NC(=O)c2cccc(F)c2Br)c1. The number of nitrogens with one attached hydrogen (secondary N) is 1. The van der Waals surface area contributed by atoms with Crippen molar-refractivity contribution < 1.29 is 14.1 Å².